The molecule has 2 N–H and O–H groups in total. The van der Waals surface area contributed by atoms with Crippen molar-refractivity contribution in [2.24, 2.45) is 16.6 Å². The first kappa shape index (κ1) is 8.94. The van der Waals surface area contributed by atoms with Gasteiger partial charge >= 0.3 is 0 Å². The first-order valence-corrected chi connectivity index (χ1v) is 4.71. The minimum Gasteiger partial charge on any atom is -0.387 e. The Kier molecular flexibility index (Phi) is 2.31. The van der Waals surface area contributed by atoms with Crippen LogP contribution in [0.25, 0.3) is 5.70 Å². The zero-order chi connectivity index (χ0) is 9.97. The molecule has 3 heteroatoms. The number of rotatable bonds is 1. The molecule has 0 saturated heterocycles. The van der Waals surface area contributed by atoms with Gasteiger partial charge in [-0.15, -0.1) is 0 Å². The van der Waals surface area contributed by atoms with E-state index in [2.05, 4.69) is 23.0 Å². The summed E-state index contributed by atoms with van der Waals surface area (Å²) in [7, 11) is 0. The van der Waals surface area contributed by atoms with Gasteiger partial charge in [-0.05, 0) is 18.1 Å². The summed E-state index contributed by atoms with van der Waals surface area (Å²) < 4.78 is 0. The maximum absolute atomic E-state index is 5.74. The SMILES string of the molecule is CC1C=C(c2cccnc2)N=C(N)C1. The van der Waals surface area contributed by atoms with Crippen molar-refractivity contribution < 1.29 is 0 Å². The van der Waals surface area contributed by atoms with Crippen molar-refractivity contribution >= 4 is 11.5 Å². The van der Waals surface area contributed by atoms with Gasteiger partial charge in [-0.1, -0.05) is 13.0 Å². The molecule has 0 saturated carbocycles. The number of aromatic nitrogens is 1. The van der Waals surface area contributed by atoms with Crippen LogP contribution in [-0.4, -0.2) is 10.8 Å². The smallest absolute Gasteiger partial charge is 0.100 e. The Hall–Kier alpha value is -1.64. The van der Waals surface area contributed by atoms with Crippen LogP contribution in [0, 0.1) is 5.92 Å². The number of pyridine rings is 1. The highest BCUT2D eigenvalue weighted by Gasteiger charge is 2.11. The lowest BCUT2D eigenvalue weighted by Crippen LogP contribution is -2.18. The summed E-state index contributed by atoms with van der Waals surface area (Å²) in [6.07, 6.45) is 6.54. The monoisotopic (exact) mass is 187 g/mol. The van der Waals surface area contributed by atoms with E-state index >= 15 is 0 Å². The summed E-state index contributed by atoms with van der Waals surface area (Å²) in [6, 6.07) is 3.90. The van der Waals surface area contributed by atoms with E-state index in [1.165, 1.54) is 0 Å². The molecule has 0 bridgehead atoms. The summed E-state index contributed by atoms with van der Waals surface area (Å²) in [5.41, 5.74) is 7.71. The molecule has 3 nitrogen and oxygen atoms in total. The fourth-order valence-corrected chi connectivity index (χ4v) is 1.57. The Balaban J connectivity index is 2.36. The standard InChI is InChI=1S/C11H13N3/c1-8-5-10(14-11(12)6-8)9-3-2-4-13-7-9/h2-5,7-8H,6H2,1H3,(H2,12,14). The number of nitrogens with zero attached hydrogens (tertiary/aromatic N) is 2. The summed E-state index contributed by atoms with van der Waals surface area (Å²) in [5.74, 6) is 1.17. The van der Waals surface area contributed by atoms with E-state index in [9.17, 15) is 0 Å². The third-order valence-corrected chi connectivity index (χ3v) is 2.19. The topological polar surface area (TPSA) is 51.3 Å². The first-order valence-electron chi connectivity index (χ1n) is 4.71. The highest BCUT2D eigenvalue weighted by molar-refractivity contribution is 5.89. The summed E-state index contributed by atoms with van der Waals surface area (Å²) in [4.78, 5) is 8.38. The number of allylic oxidation sites excluding steroid dienone is 1. The van der Waals surface area contributed by atoms with E-state index in [-0.39, 0.29) is 0 Å². The highest BCUT2D eigenvalue weighted by Crippen LogP contribution is 2.22. The zero-order valence-electron chi connectivity index (χ0n) is 8.14. The fourth-order valence-electron chi connectivity index (χ4n) is 1.57. The molecule has 1 aliphatic heterocycles. The van der Waals surface area contributed by atoms with Crippen molar-refractivity contribution in [2.45, 2.75) is 13.3 Å². The Bertz CT molecular complexity index is 379. The fraction of sp³-hybridized carbons (Fsp3) is 0.273. The van der Waals surface area contributed by atoms with E-state index < -0.39 is 0 Å². The molecule has 14 heavy (non-hydrogen) atoms. The van der Waals surface area contributed by atoms with E-state index in [4.69, 9.17) is 5.73 Å². The second kappa shape index (κ2) is 3.62. The molecule has 1 aromatic heterocycles. The van der Waals surface area contributed by atoms with Crippen LogP contribution in [0.4, 0.5) is 0 Å². The van der Waals surface area contributed by atoms with Gasteiger partial charge in [0.25, 0.3) is 0 Å². The Morgan fingerprint density at radius 1 is 1.50 bits per heavy atom. The summed E-state index contributed by atoms with van der Waals surface area (Å²) in [6.45, 7) is 2.14. The lowest BCUT2D eigenvalue weighted by atomic mass is 10.0. The molecule has 72 valence electrons. The molecule has 1 unspecified atom stereocenters. The van der Waals surface area contributed by atoms with Crippen LogP contribution < -0.4 is 5.73 Å². The minimum absolute atomic E-state index is 0.461. The average molecular weight is 187 g/mol. The van der Waals surface area contributed by atoms with Gasteiger partial charge in [-0.3, -0.25) is 4.98 Å². The Morgan fingerprint density at radius 2 is 2.36 bits per heavy atom. The largest absolute Gasteiger partial charge is 0.387 e. The Labute approximate surface area is 83.4 Å². The van der Waals surface area contributed by atoms with Crippen LogP contribution >= 0.6 is 0 Å². The van der Waals surface area contributed by atoms with Gasteiger partial charge in [-0.2, -0.15) is 0 Å². The average Bonchev–Trinajstić information content (AvgIpc) is 2.18. The first-order chi connectivity index (χ1) is 6.75. The van der Waals surface area contributed by atoms with Crippen molar-refractivity contribution in [2.75, 3.05) is 0 Å². The molecule has 2 heterocycles. The van der Waals surface area contributed by atoms with Crippen LogP contribution in [0.1, 0.15) is 18.9 Å². The van der Waals surface area contributed by atoms with Gasteiger partial charge in [0.2, 0.25) is 0 Å². The van der Waals surface area contributed by atoms with Crippen LogP contribution in [0.2, 0.25) is 0 Å². The van der Waals surface area contributed by atoms with E-state index in [0.29, 0.717) is 11.8 Å². The third-order valence-electron chi connectivity index (χ3n) is 2.19. The van der Waals surface area contributed by atoms with Crippen molar-refractivity contribution in [3.05, 3.63) is 36.2 Å². The van der Waals surface area contributed by atoms with Gasteiger partial charge in [0.1, 0.15) is 5.84 Å². The van der Waals surface area contributed by atoms with Gasteiger partial charge < -0.3 is 5.73 Å². The summed E-state index contributed by atoms with van der Waals surface area (Å²) in [5, 5.41) is 0. The van der Waals surface area contributed by atoms with E-state index in [1.54, 1.807) is 12.4 Å². The molecule has 0 aromatic carbocycles. The molecule has 0 fully saturated rings. The van der Waals surface area contributed by atoms with Crippen LogP contribution in [0.3, 0.4) is 0 Å². The molecule has 2 rings (SSSR count). The van der Waals surface area contributed by atoms with Gasteiger partial charge in [0, 0.05) is 24.4 Å². The normalized spacial score (nSPS) is 21.4. The maximum atomic E-state index is 5.74. The van der Waals surface area contributed by atoms with E-state index in [0.717, 1.165) is 17.7 Å². The molecule has 0 spiro atoms. The molecule has 0 amide bonds. The van der Waals surface area contributed by atoms with Crippen molar-refractivity contribution in [1.29, 1.82) is 0 Å². The van der Waals surface area contributed by atoms with Crippen molar-refractivity contribution in [1.82, 2.24) is 4.98 Å². The van der Waals surface area contributed by atoms with Crippen molar-refractivity contribution in [3.8, 4) is 0 Å². The van der Waals surface area contributed by atoms with Gasteiger partial charge in [0.05, 0.1) is 5.70 Å². The third kappa shape index (κ3) is 1.82. The molecular weight excluding hydrogens is 174 g/mol. The maximum Gasteiger partial charge on any atom is 0.100 e. The Morgan fingerprint density at radius 3 is 3.00 bits per heavy atom. The molecule has 1 aliphatic rings. The molecule has 1 atom stereocenters. The van der Waals surface area contributed by atoms with Gasteiger partial charge in [0.15, 0.2) is 0 Å². The second-order valence-corrected chi connectivity index (χ2v) is 3.58. The number of nitrogens with two attached hydrogens (primary N) is 1. The number of amidine groups is 1. The number of hydrogen-bond donors (Lipinski definition) is 1. The van der Waals surface area contributed by atoms with Crippen LogP contribution in [-0.2, 0) is 0 Å². The van der Waals surface area contributed by atoms with Crippen molar-refractivity contribution in [3.63, 3.8) is 0 Å². The van der Waals surface area contributed by atoms with Crippen LogP contribution in [0.15, 0.2) is 35.6 Å². The molecule has 1 aromatic rings. The molecule has 0 aliphatic carbocycles. The number of aliphatic imine (C=N–C) groups is 1. The lowest BCUT2D eigenvalue weighted by molar-refractivity contribution is 0.755. The lowest BCUT2D eigenvalue weighted by Gasteiger charge is -2.14. The minimum atomic E-state index is 0.461. The van der Waals surface area contributed by atoms with E-state index in [1.807, 2.05) is 12.1 Å². The number of hydrogen-bond acceptors (Lipinski definition) is 3. The van der Waals surface area contributed by atoms with Crippen LogP contribution in [0.5, 0.6) is 0 Å². The highest BCUT2D eigenvalue weighted by atomic mass is 14.9. The summed E-state index contributed by atoms with van der Waals surface area (Å²) >= 11 is 0. The quantitative estimate of drug-likeness (QED) is 0.729. The molecule has 0 radical (unpaired) electrons. The van der Waals surface area contributed by atoms with Gasteiger partial charge in [-0.25, -0.2) is 4.99 Å². The predicted octanol–water partition coefficient (Wildman–Crippen LogP) is 1.82. The zero-order valence-corrected chi connectivity index (χ0v) is 8.14. The second-order valence-electron chi connectivity index (χ2n) is 3.58. The molecular formula is C11H13N3. The predicted molar refractivity (Wildman–Crippen MR) is 57.6 cm³/mol.